The first-order valence-corrected chi connectivity index (χ1v) is 7.44. The lowest BCUT2D eigenvalue weighted by Crippen LogP contribution is -2.38. The zero-order valence-corrected chi connectivity index (χ0v) is 13.1. The number of esters is 1. The molecule has 1 aromatic carbocycles. The van der Waals surface area contributed by atoms with Gasteiger partial charge < -0.3 is 15.4 Å². The van der Waals surface area contributed by atoms with Gasteiger partial charge in [0, 0.05) is 13.0 Å². The van der Waals surface area contributed by atoms with Gasteiger partial charge in [0.15, 0.2) is 6.61 Å². The van der Waals surface area contributed by atoms with Crippen molar-refractivity contribution < 1.29 is 23.5 Å². The number of halogens is 1. The third kappa shape index (κ3) is 8.55. The molecule has 2 N–H and O–H groups in total. The highest BCUT2D eigenvalue weighted by Crippen LogP contribution is 2.05. The van der Waals surface area contributed by atoms with Crippen LogP contribution in [0.2, 0.25) is 0 Å². The Balaban J connectivity index is 2.16. The van der Waals surface area contributed by atoms with Crippen molar-refractivity contribution in [2.45, 2.75) is 26.2 Å². The van der Waals surface area contributed by atoms with Crippen molar-refractivity contribution in [1.82, 2.24) is 10.6 Å². The van der Waals surface area contributed by atoms with Crippen LogP contribution in [0, 0.1) is 5.82 Å². The molecule has 1 aromatic rings. The van der Waals surface area contributed by atoms with Crippen molar-refractivity contribution in [1.29, 1.82) is 0 Å². The van der Waals surface area contributed by atoms with Crippen molar-refractivity contribution in [2.24, 2.45) is 0 Å². The fraction of sp³-hybridized carbons (Fsp3) is 0.438. The van der Waals surface area contributed by atoms with Crippen LogP contribution in [0.3, 0.4) is 0 Å². The number of amides is 2. The maximum atomic E-state index is 12.7. The Morgan fingerprint density at radius 3 is 2.43 bits per heavy atom. The van der Waals surface area contributed by atoms with E-state index in [1.165, 1.54) is 12.1 Å². The van der Waals surface area contributed by atoms with E-state index in [1.54, 1.807) is 12.1 Å². The van der Waals surface area contributed by atoms with Gasteiger partial charge in [-0.2, -0.15) is 0 Å². The predicted molar refractivity (Wildman–Crippen MR) is 82.0 cm³/mol. The Morgan fingerprint density at radius 1 is 1.09 bits per heavy atom. The largest absolute Gasteiger partial charge is 0.456 e. The summed E-state index contributed by atoms with van der Waals surface area (Å²) in [5.41, 5.74) is 0.806. The highest BCUT2D eigenvalue weighted by Gasteiger charge is 2.09. The molecule has 0 radical (unpaired) electrons. The lowest BCUT2D eigenvalue weighted by molar-refractivity contribution is -0.148. The van der Waals surface area contributed by atoms with Gasteiger partial charge in [-0.15, -0.1) is 0 Å². The number of nitrogens with one attached hydrogen (secondary N) is 2. The van der Waals surface area contributed by atoms with Gasteiger partial charge in [-0.05, 0) is 30.5 Å². The lowest BCUT2D eigenvalue weighted by atomic mass is 10.1. The monoisotopic (exact) mass is 324 g/mol. The standard InChI is InChI=1S/C16H21FN2O4/c1-2-9-18-14(20)10-19-15(21)11-23-16(22)8-5-12-3-6-13(17)7-4-12/h3-4,6-7H,2,5,8-11H2,1H3,(H,18,20)(H,19,21). The molecule has 7 heteroatoms. The number of carbonyl (C=O) groups excluding carboxylic acids is 3. The van der Waals surface area contributed by atoms with Gasteiger partial charge >= 0.3 is 5.97 Å². The van der Waals surface area contributed by atoms with E-state index in [2.05, 4.69) is 10.6 Å². The van der Waals surface area contributed by atoms with E-state index in [0.29, 0.717) is 13.0 Å². The molecule has 126 valence electrons. The summed E-state index contributed by atoms with van der Waals surface area (Å²) >= 11 is 0. The average molecular weight is 324 g/mol. The smallest absolute Gasteiger partial charge is 0.306 e. The van der Waals surface area contributed by atoms with Gasteiger partial charge in [-0.25, -0.2) is 4.39 Å². The number of aryl methyl sites for hydroxylation is 1. The van der Waals surface area contributed by atoms with Gasteiger partial charge in [0.1, 0.15) is 5.82 Å². The average Bonchev–Trinajstić information content (AvgIpc) is 2.55. The summed E-state index contributed by atoms with van der Waals surface area (Å²) in [5.74, 6) is -1.69. The van der Waals surface area contributed by atoms with E-state index in [-0.39, 0.29) is 24.7 Å². The molecule has 0 heterocycles. The third-order valence-electron chi connectivity index (χ3n) is 2.91. The van der Waals surface area contributed by atoms with Crippen molar-refractivity contribution in [3.05, 3.63) is 35.6 Å². The first-order valence-electron chi connectivity index (χ1n) is 7.44. The summed E-state index contributed by atoms with van der Waals surface area (Å²) in [7, 11) is 0. The van der Waals surface area contributed by atoms with Crippen LogP contribution in [-0.4, -0.2) is 37.5 Å². The summed E-state index contributed by atoms with van der Waals surface area (Å²) in [6.07, 6.45) is 1.31. The molecule has 0 saturated heterocycles. The summed E-state index contributed by atoms with van der Waals surface area (Å²) < 4.78 is 17.5. The quantitative estimate of drug-likeness (QED) is 0.662. The van der Waals surface area contributed by atoms with Gasteiger partial charge in [0.25, 0.3) is 5.91 Å². The van der Waals surface area contributed by atoms with Crippen LogP contribution in [0.25, 0.3) is 0 Å². The van der Waals surface area contributed by atoms with Crippen molar-refractivity contribution in [2.75, 3.05) is 19.7 Å². The molecule has 0 spiro atoms. The van der Waals surface area contributed by atoms with Crippen LogP contribution < -0.4 is 10.6 Å². The molecule has 6 nitrogen and oxygen atoms in total. The van der Waals surface area contributed by atoms with Crippen molar-refractivity contribution >= 4 is 17.8 Å². The molecule has 23 heavy (non-hydrogen) atoms. The topological polar surface area (TPSA) is 84.5 Å². The van der Waals surface area contributed by atoms with E-state index in [9.17, 15) is 18.8 Å². The number of carbonyl (C=O) groups is 3. The SMILES string of the molecule is CCCNC(=O)CNC(=O)COC(=O)CCc1ccc(F)cc1. The first kappa shape index (κ1) is 18.6. The van der Waals surface area contributed by atoms with Crippen LogP contribution in [-0.2, 0) is 25.5 Å². The van der Waals surface area contributed by atoms with Crippen LogP contribution in [0.1, 0.15) is 25.3 Å². The van der Waals surface area contributed by atoms with E-state index in [0.717, 1.165) is 12.0 Å². The molecule has 2 amide bonds. The number of benzene rings is 1. The second-order valence-electron chi connectivity index (χ2n) is 4.91. The Bertz CT molecular complexity index is 531. The maximum Gasteiger partial charge on any atom is 0.306 e. The Labute approximate surface area is 134 Å². The van der Waals surface area contributed by atoms with E-state index >= 15 is 0 Å². The van der Waals surface area contributed by atoms with Gasteiger partial charge in [-0.3, -0.25) is 14.4 Å². The summed E-state index contributed by atoms with van der Waals surface area (Å²) in [5, 5.41) is 4.96. The van der Waals surface area contributed by atoms with Gasteiger partial charge in [0.2, 0.25) is 5.91 Å². The molecule has 0 bridgehead atoms. The van der Waals surface area contributed by atoms with Crippen LogP contribution in [0.15, 0.2) is 24.3 Å². The molecule has 0 saturated carbocycles. The minimum absolute atomic E-state index is 0.0932. The summed E-state index contributed by atoms with van der Waals surface area (Å²) in [6, 6.07) is 5.81. The zero-order valence-electron chi connectivity index (χ0n) is 13.1. The first-order chi connectivity index (χ1) is 11.0. The van der Waals surface area contributed by atoms with Crippen LogP contribution >= 0.6 is 0 Å². The molecule has 1 rings (SSSR count). The minimum atomic E-state index is -0.535. The zero-order chi connectivity index (χ0) is 17.1. The Kier molecular flexibility index (Phi) is 8.34. The summed E-state index contributed by atoms with van der Waals surface area (Å²) in [6.45, 7) is 1.90. The fourth-order valence-corrected chi connectivity index (χ4v) is 1.67. The van der Waals surface area contributed by atoms with Crippen LogP contribution in [0.4, 0.5) is 4.39 Å². The molecule has 0 atom stereocenters. The fourth-order valence-electron chi connectivity index (χ4n) is 1.67. The molecular formula is C16H21FN2O4. The number of hydrogen-bond acceptors (Lipinski definition) is 4. The number of hydrogen-bond donors (Lipinski definition) is 2. The number of ether oxygens (including phenoxy) is 1. The normalized spacial score (nSPS) is 10.0. The highest BCUT2D eigenvalue weighted by atomic mass is 19.1. The maximum absolute atomic E-state index is 12.7. The molecule has 0 fully saturated rings. The van der Waals surface area contributed by atoms with E-state index in [4.69, 9.17) is 4.74 Å². The lowest BCUT2D eigenvalue weighted by Gasteiger charge is -2.07. The second kappa shape index (κ2) is 10.3. The highest BCUT2D eigenvalue weighted by molar-refractivity contribution is 5.86. The van der Waals surface area contributed by atoms with E-state index in [1.807, 2.05) is 6.92 Å². The minimum Gasteiger partial charge on any atom is -0.456 e. The molecule has 0 aliphatic carbocycles. The Morgan fingerprint density at radius 2 is 1.78 bits per heavy atom. The predicted octanol–water partition coefficient (Wildman–Crippen LogP) is 0.944. The third-order valence-corrected chi connectivity index (χ3v) is 2.91. The van der Waals surface area contributed by atoms with Gasteiger partial charge in [0.05, 0.1) is 6.54 Å². The van der Waals surface area contributed by atoms with E-state index < -0.39 is 18.5 Å². The van der Waals surface area contributed by atoms with Crippen LogP contribution in [0.5, 0.6) is 0 Å². The molecule has 0 unspecified atom stereocenters. The molecule has 0 aliphatic rings. The van der Waals surface area contributed by atoms with Crippen molar-refractivity contribution in [3.8, 4) is 0 Å². The molecule has 0 aliphatic heterocycles. The Hall–Kier alpha value is -2.44. The van der Waals surface area contributed by atoms with Crippen molar-refractivity contribution in [3.63, 3.8) is 0 Å². The second-order valence-corrected chi connectivity index (χ2v) is 4.91. The summed E-state index contributed by atoms with van der Waals surface area (Å²) in [4.78, 5) is 34.2. The molecule has 0 aromatic heterocycles. The number of rotatable bonds is 9. The molecular weight excluding hydrogens is 303 g/mol. The van der Waals surface area contributed by atoms with Gasteiger partial charge in [-0.1, -0.05) is 19.1 Å².